The number of carboxylic acid groups (broad SMARTS) is 1. The fourth-order valence-corrected chi connectivity index (χ4v) is 2.98. The summed E-state index contributed by atoms with van der Waals surface area (Å²) >= 11 is 5.64. The van der Waals surface area contributed by atoms with Crippen molar-refractivity contribution in [2.24, 2.45) is 0 Å². The number of carboxylic acids is 1. The number of nitrogens with zero attached hydrogens (tertiary/aromatic N) is 1. The number of carbonyl (C=O) groups is 1. The molecule has 1 heterocycles. The van der Waals surface area contributed by atoms with Crippen molar-refractivity contribution in [1.82, 2.24) is 10.2 Å². The summed E-state index contributed by atoms with van der Waals surface area (Å²) in [6, 6.07) is 3.04. The Labute approximate surface area is 123 Å². The van der Waals surface area contributed by atoms with Crippen molar-refractivity contribution in [2.75, 3.05) is 4.72 Å². The highest BCUT2D eigenvalue weighted by Gasteiger charge is 2.25. The lowest BCUT2D eigenvalue weighted by atomic mass is 10.2. The van der Waals surface area contributed by atoms with E-state index in [4.69, 9.17) is 16.7 Å². The molecule has 3 N–H and O–H groups in total. The molecule has 0 amide bonds. The van der Waals surface area contributed by atoms with Crippen LogP contribution in [0.1, 0.15) is 16.1 Å². The van der Waals surface area contributed by atoms with Gasteiger partial charge in [-0.3, -0.25) is 9.82 Å². The van der Waals surface area contributed by atoms with Crippen LogP contribution in [0.5, 0.6) is 0 Å². The van der Waals surface area contributed by atoms with Gasteiger partial charge in [-0.1, -0.05) is 11.6 Å². The first-order valence-corrected chi connectivity index (χ1v) is 7.34. The molecule has 1 aromatic heterocycles. The summed E-state index contributed by atoms with van der Waals surface area (Å²) in [6.07, 6.45) is 0. The Kier molecular flexibility index (Phi) is 3.88. The van der Waals surface area contributed by atoms with E-state index >= 15 is 0 Å². The zero-order valence-corrected chi connectivity index (χ0v) is 12.1. The van der Waals surface area contributed by atoms with E-state index in [1.807, 2.05) is 4.72 Å². The normalized spacial score (nSPS) is 11.4. The van der Waals surface area contributed by atoms with E-state index in [0.29, 0.717) is 5.69 Å². The number of benzene rings is 1. The summed E-state index contributed by atoms with van der Waals surface area (Å²) in [5.41, 5.74) is -0.244. The number of nitrogens with one attached hydrogen (secondary N) is 2. The highest BCUT2D eigenvalue weighted by atomic mass is 35.5. The van der Waals surface area contributed by atoms with Gasteiger partial charge in [-0.25, -0.2) is 17.6 Å². The first kappa shape index (κ1) is 15.3. The lowest BCUT2D eigenvalue weighted by Crippen LogP contribution is -2.17. The Hall–Kier alpha value is -2.13. The van der Waals surface area contributed by atoms with Crippen LogP contribution in [-0.2, 0) is 10.0 Å². The number of rotatable bonds is 4. The van der Waals surface area contributed by atoms with E-state index in [2.05, 4.69) is 10.2 Å². The molecule has 2 rings (SSSR count). The summed E-state index contributed by atoms with van der Waals surface area (Å²) in [5, 5.41) is 14.8. The Morgan fingerprint density at radius 3 is 2.62 bits per heavy atom. The van der Waals surface area contributed by atoms with Gasteiger partial charge in [0, 0.05) is 16.8 Å². The van der Waals surface area contributed by atoms with Crippen LogP contribution in [0, 0.1) is 12.7 Å². The molecule has 0 radical (unpaired) electrons. The minimum absolute atomic E-state index is 0.0521. The van der Waals surface area contributed by atoms with Gasteiger partial charge in [-0.05, 0) is 19.1 Å². The maximum atomic E-state index is 14.0. The number of aryl methyl sites for hydroxylation is 1. The van der Waals surface area contributed by atoms with Crippen LogP contribution in [0.4, 0.5) is 10.2 Å². The van der Waals surface area contributed by atoms with Gasteiger partial charge in [-0.2, -0.15) is 5.10 Å². The van der Waals surface area contributed by atoms with Gasteiger partial charge in [0.1, 0.15) is 4.90 Å². The Balaban J connectivity index is 2.52. The fourth-order valence-electron chi connectivity index (χ4n) is 1.58. The Bertz CT molecular complexity index is 819. The van der Waals surface area contributed by atoms with Crippen LogP contribution >= 0.6 is 11.6 Å². The smallest absolute Gasteiger partial charge is 0.338 e. The number of H-pyrrole nitrogens is 1. The number of aromatic nitrogens is 2. The van der Waals surface area contributed by atoms with Gasteiger partial charge in [0.2, 0.25) is 0 Å². The lowest BCUT2D eigenvalue weighted by molar-refractivity contribution is 0.0691. The summed E-state index contributed by atoms with van der Waals surface area (Å²) in [5.74, 6) is -3.07. The van der Waals surface area contributed by atoms with Crippen LogP contribution < -0.4 is 4.72 Å². The number of aromatic carboxylic acids is 1. The van der Waals surface area contributed by atoms with Gasteiger partial charge >= 0.3 is 5.97 Å². The zero-order valence-electron chi connectivity index (χ0n) is 10.5. The summed E-state index contributed by atoms with van der Waals surface area (Å²) < 4.78 is 40.3. The molecule has 0 unspecified atom stereocenters. The van der Waals surface area contributed by atoms with E-state index in [1.54, 1.807) is 6.92 Å². The molecular weight excluding hydrogens is 325 g/mol. The standard InChI is InChI=1S/C11H9ClFN3O4S/c1-5-2-9(15-14-5)16-21(19,20)8-4-6(12)3-7(10(8)13)11(17)18/h2-4H,1H3,(H,17,18)(H2,14,15,16). The van der Waals surface area contributed by atoms with Gasteiger partial charge in [0.25, 0.3) is 10.0 Å². The second kappa shape index (κ2) is 5.34. The van der Waals surface area contributed by atoms with Gasteiger partial charge in [0.05, 0.1) is 5.56 Å². The van der Waals surface area contributed by atoms with E-state index in [0.717, 1.165) is 12.1 Å². The Morgan fingerprint density at radius 2 is 2.10 bits per heavy atom. The highest BCUT2D eigenvalue weighted by Crippen LogP contribution is 2.25. The average Bonchev–Trinajstić information content (AvgIpc) is 2.76. The molecule has 2 aromatic rings. The quantitative estimate of drug-likeness (QED) is 0.792. The molecule has 0 saturated carbocycles. The summed E-state index contributed by atoms with van der Waals surface area (Å²) in [4.78, 5) is 10.0. The van der Waals surface area contributed by atoms with E-state index in [1.165, 1.54) is 6.07 Å². The Morgan fingerprint density at radius 1 is 1.43 bits per heavy atom. The van der Waals surface area contributed by atoms with Crippen LogP contribution in [0.2, 0.25) is 5.02 Å². The summed E-state index contributed by atoms with van der Waals surface area (Å²) in [7, 11) is -4.36. The summed E-state index contributed by atoms with van der Waals surface area (Å²) in [6.45, 7) is 1.65. The first-order valence-electron chi connectivity index (χ1n) is 5.48. The number of halogens is 2. The van der Waals surface area contributed by atoms with Gasteiger partial charge < -0.3 is 5.11 Å². The number of hydrogen-bond donors (Lipinski definition) is 3. The number of aromatic amines is 1. The number of hydrogen-bond acceptors (Lipinski definition) is 4. The second-order valence-corrected chi connectivity index (χ2v) is 6.20. The SMILES string of the molecule is Cc1cc(NS(=O)(=O)c2cc(Cl)cc(C(=O)O)c2F)n[nH]1. The molecule has 112 valence electrons. The molecular formula is C11H9ClFN3O4S. The molecule has 0 fully saturated rings. The third kappa shape index (κ3) is 3.14. The van der Waals surface area contributed by atoms with Crippen molar-refractivity contribution in [3.8, 4) is 0 Å². The molecule has 0 aliphatic rings. The minimum atomic E-state index is -4.36. The molecule has 0 spiro atoms. The predicted molar refractivity (Wildman–Crippen MR) is 72.5 cm³/mol. The molecule has 0 aliphatic heterocycles. The number of anilines is 1. The van der Waals surface area contributed by atoms with E-state index < -0.39 is 32.3 Å². The lowest BCUT2D eigenvalue weighted by Gasteiger charge is -2.08. The van der Waals surface area contributed by atoms with Gasteiger partial charge in [0.15, 0.2) is 11.6 Å². The van der Waals surface area contributed by atoms with Crippen LogP contribution in [0.25, 0.3) is 0 Å². The minimum Gasteiger partial charge on any atom is -0.478 e. The molecule has 0 bridgehead atoms. The molecule has 0 atom stereocenters. The maximum Gasteiger partial charge on any atom is 0.338 e. The largest absolute Gasteiger partial charge is 0.478 e. The fraction of sp³-hybridized carbons (Fsp3) is 0.0909. The topological polar surface area (TPSA) is 112 Å². The molecule has 10 heteroatoms. The molecule has 1 aromatic carbocycles. The molecule has 0 aliphatic carbocycles. The average molecular weight is 334 g/mol. The molecule has 7 nitrogen and oxygen atoms in total. The van der Waals surface area contributed by atoms with Crippen molar-refractivity contribution in [2.45, 2.75) is 11.8 Å². The third-order valence-corrected chi connectivity index (χ3v) is 4.04. The molecule has 21 heavy (non-hydrogen) atoms. The van der Waals surface area contributed by atoms with Crippen LogP contribution in [-0.4, -0.2) is 29.7 Å². The van der Waals surface area contributed by atoms with Crippen molar-refractivity contribution in [3.05, 3.63) is 40.3 Å². The predicted octanol–water partition coefficient (Wildman–Crippen LogP) is 2.01. The van der Waals surface area contributed by atoms with Crippen LogP contribution in [0.3, 0.4) is 0 Å². The monoisotopic (exact) mass is 333 g/mol. The van der Waals surface area contributed by atoms with Crippen molar-refractivity contribution < 1.29 is 22.7 Å². The van der Waals surface area contributed by atoms with Crippen LogP contribution in [0.15, 0.2) is 23.1 Å². The second-order valence-electron chi connectivity index (χ2n) is 4.11. The van der Waals surface area contributed by atoms with Gasteiger partial charge in [-0.15, -0.1) is 0 Å². The highest BCUT2D eigenvalue weighted by molar-refractivity contribution is 7.92. The third-order valence-electron chi connectivity index (χ3n) is 2.47. The molecule has 0 saturated heterocycles. The van der Waals surface area contributed by atoms with Crippen molar-refractivity contribution in [3.63, 3.8) is 0 Å². The van der Waals surface area contributed by atoms with Crippen molar-refractivity contribution >= 4 is 33.4 Å². The van der Waals surface area contributed by atoms with E-state index in [-0.39, 0.29) is 10.8 Å². The van der Waals surface area contributed by atoms with Crippen molar-refractivity contribution in [1.29, 1.82) is 0 Å². The van der Waals surface area contributed by atoms with E-state index in [9.17, 15) is 17.6 Å². The first-order chi connectivity index (χ1) is 9.70. The zero-order chi connectivity index (χ0) is 15.8. The number of sulfonamides is 1. The maximum absolute atomic E-state index is 14.0.